The second kappa shape index (κ2) is 5.80. The van der Waals surface area contributed by atoms with E-state index < -0.39 is 0 Å². The number of rotatable bonds is 2. The summed E-state index contributed by atoms with van der Waals surface area (Å²) in [7, 11) is 2.22. The molecule has 0 saturated carbocycles. The molecule has 122 valence electrons. The van der Waals surface area contributed by atoms with Gasteiger partial charge in [-0.25, -0.2) is 4.98 Å². The Morgan fingerprint density at radius 2 is 2.09 bits per heavy atom. The van der Waals surface area contributed by atoms with Crippen LogP contribution in [0.5, 0.6) is 0 Å². The monoisotopic (exact) mass is 332 g/mol. The van der Waals surface area contributed by atoms with Crippen molar-refractivity contribution < 1.29 is 4.79 Å². The molecule has 2 aromatic rings. The minimum Gasteiger partial charge on any atom is -0.349 e. The van der Waals surface area contributed by atoms with Crippen LogP contribution in [0, 0.1) is 0 Å². The van der Waals surface area contributed by atoms with Crippen molar-refractivity contribution in [1.82, 2.24) is 20.2 Å². The Balaban J connectivity index is 1.54. The van der Waals surface area contributed by atoms with Crippen LogP contribution in [-0.2, 0) is 0 Å². The zero-order valence-corrected chi connectivity index (χ0v) is 13.9. The predicted octanol–water partition coefficient (Wildman–Crippen LogP) is 2.96. The van der Waals surface area contributed by atoms with E-state index in [0.717, 1.165) is 18.4 Å². The van der Waals surface area contributed by atoms with E-state index in [1.165, 1.54) is 19.3 Å². The Hall–Kier alpha value is -1.59. The van der Waals surface area contributed by atoms with Crippen molar-refractivity contribution in [1.29, 1.82) is 0 Å². The van der Waals surface area contributed by atoms with Crippen LogP contribution in [0.2, 0.25) is 5.02 Å². The van der Waals surface area contributed by atoms with Gasteiger partial charge in [0.25, 0.3) is 5.91 Å². The van der Waals surface area contributed by atoms with Crippen molar-refractivity contribution in [3.05, 3.63) is 29.0 Å². The zero-order valence-electron chi connectivity index (χ0n) is 13.2. The first-order valence-electron chi connectivity index (χ1n) is 8.27. The maximum absolute atomic E-state index is 12.7. The lowest BCUT2D eigenvalue weighted by atomic mass is 9.82. The molecule has 2 aliphatic rings. The van der Waals surface area contributed by atoms with Gasteiger partial charge in [0.15, 0.2) is 0 Å². The van der Waals surface area contributed by atoms with Crippen molar-refractivity contribution in [3.63, 3.8) is 0 Å². The molecule has 1 amide bonds. The number of hydrogen-bond donors (Lipinski definition) is 2. The van der Waals surface area contributed by atoms with Crippen LogP contribution in [0.3, 0.4) is 0 Å². The number of carbonyl (C=O) groups excluding carboxylic acids is 1. The SMILES string of the molecule is CN1[C@@H]2CCC[C@@H]1CC(NC(=O)c1cc(Cl)cc3[nH]cnc13)C2. The Bertz CT molecular complexity index is 729. The molecular formula is C17H21ClN4O. The molecule has 2 saturated heterocycles. The second-order valence-electron chi connectivity index (χ2n) is 6.80. The number of halogens is 1. The van der Waals surface area contributed by atoms with E-state index in [1.807, 2.05) is 0 Å². The minimum atomic E-state index is -0.0720. The molecule has 3 heterocycles. The van der Waals surface area contributed by atoms with Crippen LogP contribution in [0.25, 0.3) is 11.0 Å². The molecule has 2 atom stereocenters. The summed E-state index contributed by atoms with van der Waals surface area (Å²) >= 11 is 6.13. The number of imidazole rings is 1. The largest absolute Gasteiger partial charge is 0.349 e. The van der Waals surface area contributed by atoms with E-state index in [0.29, 0.717) is 28.2 Å². The van der Waals surface area contributed by atoms with Gasteiger partial charge in [-0.1, -0.05) is 18.0 Å². The van der Waals surface area contributed by atoms with E-state index >= 15 is 0 Å². The van der Waals surface area contributed by atoms with Gasteiger partial charge in [0.2, 0.25) is 0 Å². The third-order valence-electron chi connectivity index (χ3n) is 5.41. The number of benzene rings is 1. The molecule has 2 bridgehead atoms. The molecule has 2 fully saturated rings. The first kappa shape index (κ1) is 15.0. The molecule has 0 spiro atoms. The van der Waals surface area contributed by atoms with Crippen LogP contribution in [0.1, 0.15) is 42.5 Å². The van der Waals surface area contributed by atoms with Gasteiger partial charge in [-0.15, -0.1) is 0 Å². The zero-order chi connectivity index (χ0) is 16.0. The summed E-state index contributed by atoms with van der Waals surface area (Å²) in [5.74, 6) is -0.0720. The topological polar surface area (TPSA) is 61.0 Å². The van der Waals surface area contributed by atoms with Gasteiger partial charge in [0.05, 0.1) is 17.4 Å². The van der Waals surface area contributed by atoms with Gasteiger partial charge in [0.1, 0.15) is 5.52 Å². The molecule has 0 aliphatic carbocycles. The third kappa shape index (κ3) is 2.72. The molecule has 0 unspecified atom stereocenters. The number of nitrogens with one attached hydrogen (secondary N) is 2. The molecule has 1 aromatic carbocycles. The summed E-state index contributed by atoms with van der Waals surface area (Å²) in [6.45, 7) is 0. The second-order valence-corrected chi connectivity index (χ2v) is 7.23. The summed E-state index contributed by atoms with van der Waals surface area (Å²) < 4.78 is 0. The smallest absolute Gasteiger partial charge is 0.253 e. The van der Waals surface area contributed by atoms with E-state index in [4.69, 9.17) is 11.6 Å². The molecular weight excluding hydrogens is 312 g/mol. The van der Waals surface area contributed by atoms with Crippen LogP contribution >= 0.6 is 11.6 Å². The van der Waals surface area contributed by atoms with Gasteiger partial charge in [-0.05, 0) is 44.9 Å². The van der Waals surface area contributed by atoms with Gasteiger partial charge in [-0.2, -0.15) is 0 Å². The summed E-state index contributed by atoms with van der Waals surface area (Å²) in [6, 6.07) is 4.92. The lowest BCUT2D eigenvalue weighted by molar-refractivity contribution is 0.0463. The van der Waals surface area contributed by atoms with Crippen LogP contribution in [0.4, 0.5) is 0 Å². The fraction of sp³-hybridized carbons (Fsp3) is 0.529. The number of amides is 1. The summed E-state index contributed by atoms with van der Waals surface area (Å²) in [6.07, 6.45) is 7.44. The molecule has 5 nitrogen and oxygen atoms in total. The highest BCUT2D eigenvalue weighted by molar-refractivity contribution is 6.32. The van der Waals surface area contributed by atoms with E-state index in [1.54, 1.807) is 18.5 Å². The summed E-state index contributed by atoms with van der Waals surface area (Å²) in [5, 5.41) is 3.76. The lowest BCUT2D eigenvalue weighted by Crippen LogP contribution is -2.55. The number of carbonyl (C=O) groups is 1. The number of fused-ring (bicyclic) bond motifs is 3. The summed E-state index contributed by atoms with van der Waals surface area (Å²) in [4.78, 5) is 22.5. The lowest BCUT2D eigenvalue weighted by Gasteiger charge is -2.47. The molecule has 23 heavy (non-hydrogen) atoms. The maximum Gasteiger partial charge on any atom is 0.253 e. The number of aromatic nitrogens is 2. The molecule has 2 aliphatic heterocycles. The third-order valence-corrected chi connectivity index (χ3v) is 5.63. The highest BCUT2D eigenvalue weighted by atomic mass is 35.5. The highest BCUT2D eigenvalue weighted by Crippen LogP contribution is 2.33. The highest BCUT2D eigenvalue weighted by Gasteiger charge is 2.36. The normalized spacial score (nSPS) is 28.0. The minimum absolute atomic E-state index is 0.0720. The van der Waals surface area contributed by atoms with Gasteiger partial charge >= 0.3 is 0 Å². The standard InChI is InChI=1S/C17H21ClN4O/c1-22-12-3-2-4-13(22)8-11(7-12)21-17(23)14-5-10(18)6-15-16(14)20-9-19-15/h5-6,9,11-13H,2-4,7-8H2,1H3,(H,19,20)(H,21,23)/t12-,13-/m1/s1. The number of aromatic amines is 1. The summed E-state index contributed by atoms with van der Waals surface area (Å²) in [5.41, 5.74) is 2.03. The first-order chi connectivity index (χ1) is 11.1. The van der Waals surface area contributed by atoms with Crippen molar-refractivity contribution in [2.24, 2.45) is 0 Å². The molecule has 2 N–H and O–H groups in total. The van der Waals surface area contributed by atoms with Crippen molar-refractivity contribution in [2.45, 2.75) is 50.2 Å². The maximum atomic E-state index is 12.7. The number of piperidine rings is 2. The van der Waals surface area contributed by atoms with Gasteiger partial charge in [-0.3, -0.25) is 4.79 Å². The fourth-order valence-corrected chi connectivity index (χ4v) is 4.40. The quantitative estimate of drug-likeness (QED) is 0.888. The van der Waals surface area contributed by atoms with E-state index in [9.17, 15) is 4.79 Å². The molecule has 4 rings (SSSR count). The Kier molecular flexibility index (Phi) is 3.77. The van der Waals surface area contributed by atoms with E-state index in [-0.39, 0.29) is 11.9 Å². The van der Waals surface area contributed by atoms with Crippen molar-refractivity contribution >= 4 is 28.5 Å². The van der Waals surface area contributed by atoms with Crippen LogP contribution < -0.4 is 5.32 Å². The molecule has 6 heteroatoms. The first-order valence-corrected chi connectivity index (χ1v) is 8.65. The fourth-order valence-electron chi connectivity index (χ4n) is 4.18. The Morgan fingerprint density at radius 1 is 1.35 bits per heavy atom. The van der Waals surface area contributed by atoms with Crippen molar-refractivity contribution in [3.8, 4) is 0 Å². The van der Waals surface area contributed by atoms with E-state index in [2.05, 4.69) is 27.2 Å². The average molecular weight is 333 g/mol. The molecule has 1 aromatic heterocycles. The Labute approximate surface area is 140 Å². The van der Waals surface area contributed by atoms with Crippen LogP contribution in [0.15, 0.2) is 18.5 Å². The van der Waals surface area contributed by atoms with Crippen molar-refractivity contribution in [2.75, 3.05) is 7.05 Å². The average Bonchev–Trinajstić information content (AvgIpc) is 2.95. The Morgan fingerprint density at radius 3 is 2.83 bits per heavy atom. The predicted molar refractivity (Wildman–Crippen MR) is 90.8 cm³/mol. The van der Waals surface area contributed by atoms with Gasteiger partial charge in [0, 0.05) is 23.1 Å². The van der Waals surface area contributed by atoms with Gasteiger partial charge < -0.3 is 15.2 Å². The number of H-pyrrole nitrogens is 1. The number of nitrogens with zero attached hydrogens (tertiary/aromatic N) is 2. The number of hydrogen-bond acceptors (Lipinski definition) is 3. The molecule has 0 radical (unpaired) electrons. The van der Waals surface area contributed by atoms with Crippen LogP contribution in [-0.4, -0.2) is 45.9 Å².